The lowest BCUT2D eigenvalue weighted by Gasteiger charge is -2.19. The SMILES string of the molecule is CNCC1CCN(C(=O)CC(C)C(=O)c2cccc(F)c2)C1.Cl. The van der Waals surface area contributed by atoms with E-state index >= 15 is 0 Å². The van der Waals surface area contributed by atoms with Gasteiger partial charge >= 0.3 is 0 Å². The largest absolute Gasteiger partial charge is 0.342 e. The van der Waals surface area contributed by atoms with Crippen molar-refractivity contribution >= 4 is 24.1 Å². The summed E-state index contributed by atoms with van der Waals surface area (Å²) < 4.78 is 13.2. The molecule has 2 unspecified atom stereocenters. The van der Waals surface area contributed by atoms with E-state index in [1.54, 1.807) is 13.0 Å². The first-order valence-corrected chi connectivity index (χ1v) is 7.73. The minimum atomic E-state index is -0.433. The number of carbonyl (C=O) groups is 2. The topological polar surface area (TPSA) is 49.4 Å². The molecule has 0 bridgehead atoms. The van der Waals surface area contributed by atoms with Crippen LogP contribution >= 0.6 is 12.4 Å². The molecule has 2 rings (SSSR count). The summed E-state index contributed by atoms with van der Waals surface area (Å²) in [7, 11) is 1.91. The molecule has 0 spiro atoms. The summed E-state index contributed by atoms with van der Waals surface area (Å²) in [4.78, 5) is 26.4. The summed E-state index contributed by atoms with van der Waals surface area (Å²) in [6.07, 6.45) is 1.18. The van der Waals surface area contributed by atoms with Crippen LogP contribution in [0, 0.1) is 17.7 Å². The molecule has 23 heavy (non-hydrogen) atoms. The molecular formula is C17H24ClFN2O2. The van der Waals surface area contributed by atoms with Crippen LogP contribution in [0.1, 0.15) is 30.1 Å². The Morgan fingerprint density at radius 3 is 2.83 bits per heavy atom. The van der Waals surface area contributed by atoms with Crippen molar-refractivity contribution in [1.82, 2.24) is 10.2 Å². The molecule has 1 aromatic rings. The predicted octanol–water partition coefficient (Wildman–Crippen LogP) is 2.52. The fourth-order valence-electron chi connectivity index (χ4n) is 2.92. The van der Waals surface area contributed by atoms with E-state index in [-0.39, 0.29) is 30.5 Å². The van der Waals surface area contributed by atoms with E-state index in [0.717, 1.165) is 26.1 Å². The molecule has 1 N–H and O–H groups in total. The number of rotatable bonds is 6. The number of Topliss-reactive ketones (excluding diaryl/α,β-unsaturated/α-hetero) is 1. The maximum Gasteiger partial charge on any atom is 0.223 e. The van der Waals surface area contributed by atoms with Crippen LogP contribution in [0.2, 0.25) is 0 Å². The lowest BCUT2D eigenvalue weighted by Crippen LogP contribution is -2.32. The van der Waals surface area contributed by atoms with Crippen molar-refractivity contribution in [2.45, 2.75) is 19.8 Å². The Hall–Kier alpha value is -1.46. The van der Waals surface area contributed by atoms with Crippen LogP contribution in [0.3, 0.4) is 0 Å². The van der Waals surface area contributed by atoms with Crippen molar-refractivity contribution in [2.24, 2.45) is 11.8 Å². The average Bonchev–Trinajstić information content (AvgIpc) is 2.95. The van der Waals surface area contributed by atoms with E-state index in [1.807, 2.05) is 11.9 Å². The molecule has 0 aliphatic carbocycles. The highest BCUT2D eigenvalue weighted by molar-refractivity contribution is 5.99. The van der Waals surface area contributed by atoms with Gasteiger partial charge in [0.2, 0.25) is 5.91 Å². The Morgan fingerprint density at radius 2 is 2.17 bits per heavy atom. The van der Waals surface area contributed by atoms with Gasteiger partial charge in [0.1, 0.15) is 5.82 Å². The second-order valence-corrected chi connectivity index (χ2v) is 6.03. The van der Waals surface area contributed by atoms with Gasteiger partial charge in [0, 0.05) is 31.0 Å². The Kier molecular flexibility index (Phi) is 7.65. The quantitative estimate of drug-likeness (QED) is 0.808. The molecule has 2 atom stereocenters. The van der Waals surface area contributed by atoms with Crippen molar-refractivity contribution in [1.29, 1.82) is 0 Å². The number of hydrogen-bond acceptors (Lipinski definition) is 3. The van der Waals surface area contributed by atoms with E-state index in [4.69, 9.17) is 0 Å². The standard InChI is InChI=1S/C17H23FN2O2.ClH/c1-12(17(22)14-4-3-5-15(18)9-14)8-16(21)20-7-6-13(11-20)10-19-2;/h3-5,9,12-13,19H,6-8,10-11H2,1-2H3;1H. The van der Waals surface area contributed by atoms with Gasteiger partial charge in [0.05, 0.1) is 0 Å². The zero-order valence-corrected chi connectivity index (χ0v) is 14.4. The fourth-order valence-corrected chi connectivity index (χ4v) is 2.92. The second kappa shape index (κ2) is 8.99. The molecule has 0 radical (unpaired) electrons. The normalized spacial score (nSPS) is 18.4. The highest BCUT2D eigenvalue weighted by atomic mass is 35.5. The third-order valence-corrected chi connectivity index (χ3v) is 4.17. The minimum absolute atomic E-state index is 0. The molecule has 1 saturated heterocycles. The van der Waals surface area contributed by atoms with Gasteiger partial charge in [-0.05, 0) is 38.1 Å². The Morgan fingerprint density at radius 1 is 1.43 bits per heavy atom. The molecule has 1 aliphatic heterocycles. The number of nitrogens with one attached hydrogen (secondary N) is 1. The van der Waals surface area contributed by atoms with Crippen LogP contribution in [0.15, 0.2) is 24.3 Å². The van der Waals surface area contributed by atoms with Crippen LogP contribution in [0.5, 0.6) is 0 Å². The van der Waals surface area contributed by atoms with E-state index in [0.29, 0.717) is 11.5 Å². The van der Waals surface area contributed by atoms with Crippen molar-refractivity contribution in [3.05, 3.63) is 35.6 Å². The Labute approximate surface area is 142 Å². The summed E-state index contributed by atoms with van der Waals surface area (Å²) in [6.45, 7) is 4.14. The van der Waals surface area contributed by atoms with Gasteiger partial charge in [-0.1, -0.05) is 19.1 Å². The van der Waals surface area contributed by atoms with Crippen LogP contribution < -0.4 is 5.32 Å². The third kappa shape index (κ3) is 5.29. The van der Waals surface area contributed by atoms with Crippen LogP contribution in [-0.4, -0.2) is 43.3 Å². The first-order chi connectivity index (χ1) is 10.5. The minimum Gasteiger partial charge on any atom is -0.342 e. The van der Waals surface area contributed by atoms with Gasteiger partial charge in [0.15, 0.2) is 5.78 Å². The first kappa shape index (κ1) is 19.6. The van der Waals surface area contributed by atoms with E-state index in [9.17, 15) is 14.0 Å². The molecular weight excluding hydrogens is 319 g/mol. The summed E-state index contributed by atoms with van der Waals surface area (Å²) in [5.74, 6) is -0.547. The number of halogens is 2. The molecule has 1 aliphatic rings. The van der Waals surface area contributed by atoms with Gasteiger partial charge in [-0.3, -0.25) is 9.59 Å². The predicted molar refractivity (Wildman–Crippen MR) is 90.4 cm³/mol. The number of amides is 1. The number of ketones is 1. The molecule has 6 heteroatoms. The van der Waals surface area contributed by atoms with Crippen molar-refractivity contribution < 1.29 is 14.0 Å². The van der Waals surface area contributed by atoms with Crippen molar-refractivity contribution in [3.8, 4) is 0 Å². The van der Waals surface area contributed by atoms with Gasteiger partial charge in [-0.2, -0.15) is 0 Å². The van der Waals surface area contributed by atoms with Gasteiger partial charge in [-0.25, -0.2) is 4.39 Å². The number of benzene rings is 1. The highest BCUT2D eigenvalue weighted by Gasteiger charge is 2.28. The smallest absolute Gasteiger partial charge is 0.223 e. The zero-order valence-electron chi connectivity index (χ0n) is 13.5. The molecule has 1 aromatic carbocycles. The lowest BCUT2D eigenvalue weighted by molar-refractivity contribution is -0.130. The lowest BCUT2D eigenvalue weighted by atomic mass is 9.96. The monoisotopic (exact) mass is 342 g/mol. The zero-order chi connectivity index (χ0) is 16.1. The molecule has 0 saturated carbocycles. The van der Waals surface area contributed by atoms with E-state index in [2.05, 4.69) is 5.32 Å². The van der Waals surface area contributed by atoms with E-state index in [1.165, 1.54) is 18.2 Å². The molecule has 1 fully saturated rings. The molecule has 4 nitrogen and oxygen atoms in total. The average molecular weight is 343 g/mol. The number of hydrogen-bond donors (Lipinski definition) is 1. The fraction of sp³-hybridized carbons (Fsp3) is 0.529. The van der Waals surface area contributed by atoms with Crippen LogP contribution in [0.4, 0.5) is 4.39 Å². The number of nitrogens with zero attached hydrogens (tertiary/aromatic N) is 1. The summed E-state index contributed by atoms with van der Waals surface area (Å²) in [6, 6.07) is 5.63. The number of carbonyl (C=O) groups excluding carboxylic acids is 2. The Bertz CT molecular complexity index is 553. The summed E-state index contributed by atoms with van der Waals surface area (Å²) >= 11 is 0. The maximum absolute atomic E-state index is 13.2. The summed E-state index contributed by atoms with van der Waals surface area (Å²) in [5.41, 5.74) is 0.329. The van der Waals surface area contributed by atoms with Crippen LogP contribution in [-0.2, 0) is 4.79 Å². The molecule has 1 amide bonds. The second-order valence-electron chi connectivity index (χ2n) is 6.03. The first-order valence-electron chi connectivity index (χ1n) is 7.73. The van der Waals surface area contributed by atoms with Crippen molar-refractivity contribution in [3.63, 3.8) is 0 Å². The summed E-state index contributed by atoms with van der Waals surface area (Å²) in [5, 5.41) is 3.13. The molecule has 128 valence electrons. The van der Waals surface area contributed by atoms with Gasteiger partial charge in [0.25, 0.3) is 0 Å². The van der Waals surface area contributed by atoms with Crippen molar-refractivity contribution in [2.75, 3.05) is 26.7 Å². The number of likely N-dealkylation sites (tertiary alicyclic amines) is 1. The Balaban J connectivity index is 0.00000264. The van der Waals surface area contributed by atoms with E-state index < -0.39 is 11.7 Å². The highest BCUT2D eigenvalue weighted by Crippen LogP contribution is 2.19. The van der Waals surface area contributed by atoms with Gasteiger partial charge in [-0.15, -0.1) is 12.4 Å². The maximum atomic E-state index is 13.2. The molecule has 1 heterocycles. The third-order valence-electron chi connectivity index (χ3n) is 4.17. The molecule has 0 aromatic heterocycles. The van der Waals surface area contributed by atoms with Crippen LogP contribution in [0.25, 0.3) is 0 Å². The van der Waals surface area contributed by atoms with Gasteiger partial charge < -0.3 is 10.2 Å².